The van der Waals surface area contributed by atoms with E-state index in [4.69, 9.17) is 0 Å². The van der Waals surface area contributed by atoms with E-state index in [1.807, 2.05) is 13.0 Å². The van der Waals surface area contributed by atoms with E-state index in [0.717, 1.165) is 29.8 Å². The highest BCUT2D eigenvalue weighted by atomic mass is 35.5. The summed E-state index contributed by atoms with van der Waals surface area (Å²) in [5.41, 5.74) is 2.25. The fraction of sp³-hybridized carbons (Fsp3) is 0.611. The number of rotatable bonds is 6. The van der Waals surface area contributed by atoms with Crippen LogP contribution in [0.2, 0.25) is 0 Å². The summed E-state index contributed by atoms with van der Waals surface area (Å²) in [7, 11) is 0. The summed E-state index contributed by atoms with van der Waals surface area (Å²) in [5.74, 6) is 1.77. The summed E-state index contributed by atoms with van der Waals surface area (Å²) < 4.78 is 0. The first kappa shape index (κ1) is 18.6. The molecule has 1 atom stereocenters. The van der Waals surface area contributed by atoms with Crippen molar-refractivity contribution in [1.29, 1.82) is 0 Å². The van der Waals surface area contributed by atoms with E-state index in [2.05, 4.69) is 40.6 Å². The zero-order chi connectivity index (χ0) is 15.4. The second kappa shape index (κ2) is 8.95. The molecule has 1 saturated carbocycles. The van der Waals surface area contributed by atoms with Gasteiger partial charge in [0.15, 0.2) is 0 Å². The molecule has 23 heavy (non-hydrogen) atoms. The molecule has 0 bridgehead atoms. The molecule has 1 aromatic rings. The van der Waals surface area contributed by atoms with Crippen LogP contribution in [0.1, 0.15) is 38.2 Å². The van der Waals surface area contributed by atoms with Crippen LogP contribution in [0, 0.1) is 11.8 Å². The molecular weight excluding hydrogens is 328 g/mol. The predicted octanol–water partition coefficient (Wildman–Crippen LogP) is 4.08. The van der Waals surface area contributed by atoms with Crippen molar-refractivity contribution in [2.24, 2.45) is 11.8 Å². The first-order valence-electron chi connectivity index (χ1n) is 8.44. The Hall–Kier alpha value is -0.710. The fourth-order valence-corrected chi connectivity index (χ4v) is 4.42. The summed E-state index contributed by atoms with van der Waals surface area (Å²) in [6.45, 7) is 3.96. The molecule has 2 N–H and O–H groups in total. The summed E-state index contributed by atoms with van der Waals surface area (Å²) in [4.78, 5) is 12.3. The maximum absolute atomic E-state index is 12.3. The van der Waals surface area contributed by atoms with Gasteiger partial charge in [0.25, 0.3) is 0 Å². The van der Waals surface area contributed by atoms with Crippen LogP contribution < -0.4 is 10.6 Å². The minimum absolute atomic E-state index is 0. The van der Waals surface area contributed by atoms with Gasteiger partial charge in [0.2, 0.25) is 5.91 Å². The minimum atomic E-state index is 0. The zero-order valence-corrected chi connectivity index (χ0v) is 15.3. The van der Waals surface area contributed by atoms with Crippen molar-refractivity contribution in [3.63, 3.8) is 0 Å². The van der Waals surface area contributed by atoms with Gasteiger partial charge in [-0.1, -0.05) is 31.9 Å². The Morgan fingerprint density at radius 2 is 2.09 bits per heavy atom. The third-order valence-electron chi connectivity index (χ3n) is 4.92. The zero-order valence-electron chi connectivity index (χ0n) is 13.7. The van der Waals surface area contributed by atoms with Gasteiger partial charge in [-0.2, -0.15) is 11.8 Å². The molecule has 1 aliphatic carbocycles. The monoisotopic (exact) mass is 354 g/mol. The van der Waals surface area contributed by atoms with E-state index in [1.165, 1.54) is 31.2 Å². The first-order valence-corrected chi connectivity index (χ1v) is 9.49. The third kappa shape index (κ3) is 5.13. The highest BCUT2D eigenvalue weighted by Gasteiger charge is 2.28. The molecule has 1 aliphatic heterocycles. The molecule has 0 aromatic heterocycles. The number of hydrogen-bond acceptors (Lipinski definition) is 3. The fourth-order valence-electron chi connectivity index (χ4n) is 3.14. The average Bonchev–Trinajstić information content (AvgIpc) is 2.97. The third-order valence-corrected chi connectivity index (χ3v) is 6.36. The molecule has 2 fully saturated rings. The molecule has 1 aromatic carbocycles. The summed E-state index contributed by atoms with van der Waals surface area (Å²) in [6.07, 6.45) is 5.52. The van der Waals surface area contributed by atoms with Crippen molar-refractivity contribution < 1.29 is 4.79 Å². The van der Waals surface area contributed by atoms with E-state index < -0.39 is 0 Å². The van der Waals surface area contributed by atoms with Gasteiger partial charge in [0.05, 0.1) is 0 Å². The Labute approximate surface area is 149 Å². The lowest BCUT2D eigenvalue weighted by Gasteiger charge is -2.31. The molecule has 2 aliphatic rings. The van der Waals surface area contributed by atoms with Gasteiger partial charge in [-0.05, 0) is 49.5 Å². The van der Waals surface area contributed by atoms with Crippen molar-refractivity contribution >= 4 is 35.8 Å². The van der Waals surface area contributed by atoms with E-state index in [-0.39, 0.29) is 24.2 Å². The van der Waals surface area contributed by atoms with Gasteiger partial charge in [-0.25, -0.2) is 0 Å². The molecule has 1 heterocycles. The molecule has 0 spiro atoms. The molecule has 3 nitrogen and oxygen atoms in total. The Balaban J connectivity index is 0.00000192. The molecular formula is C18H27ClN2OS. The number of halogens is 1. The van der Waals surface area contributed by atoms with E-state index >= 15 is 0 Å². The quantitative estimate of drug-likeness (QED) is 0.808. The minimum Gasteiger partial charge on any atom is -0.326 e. The standard InChI is InChI=1S/C18H26N2OS.ClH/c1-13(15-10-19-11-15)18(21)20-16-6-4-5-14(9-16)12-22-17-7-2-3-8-17;/h4-6,9,13,15,17,19H,2-3,7-8,10-12H2,1H3,(H,20,21);1H. The van der Waals surface area contributed by atoms with Gasteiger partial charge in [0.1, 0.15) is 0 Å². The van der Waals surface area contributed by atoms with Crippen molar-refractivity contribution in [2.45, 2.75) is 43.6 Å². The van der Waals surface area contributed by atoms with Crippen LogP contribution in [-0.2, 0) is 10.5 Å². The highest BCUT2D eigenvalue weighted by Crippen LogP contribution is 2.32. The molecule has 128 valence electrons. The van der Waals surface area contributed by atoms with E-state index in [9.17, 15) is 4.79 Å². The smallest absolute Gasteiger partial charge is 0.227 e. The van der Waals surface area contributed by atoms with Crippen LogP contribution in [0.4, 0.5) is 5.69 Å². The first-order chi connectivity index (χ1) is 10.7. The van der Waals surface area contributed by atoms with Crippen LogP contribution in [0.5, 0.6) is 0 Å². The van der Waals surface area contributed by atoms with Gasteiger partial charge < -0.3 is 10.6 Å². The lowest BCUT2D eigenvalue weighted by atomic mass is 9.88. The number of hydrogen-bond donors (Lipinski definition) is 2. The Kier molecular flexibility index (Phi) is 7.25. The molecule has 0 radical (unpaired) electrons. The lowest BCUT2D eigenvalue weighted by molar-refractivity contribution is -0.121. The number of carbonyl (C=O) groups is 1. The SMILES string of the molecule is CC(C(=O)Nc1cccc(CSC2CCCC2)c1)C1CNC1.Cl. The molecule has 3 rings (SSSR count). The number of amides is 1. The van der Waals surface area contributed by atoms with Gasteiger partial charge >= 0.3 is 0 Å². The van der Waals surface area contributed by atoms with Crippen LogP contribution >= 0.6 is 24.2 Å². The average molecular weight is 355 g/mol. The maximum atomic E-state index is 12.3. The second-order valence-electron chi connectivity index (χ2n) is 6.61. The molecule has 1 unspecified atom stereocenters. The Morgan fingerprint density at radius 3 is 2.74 bits per heavy atom. The summed E-state index contributed by atoms with van der Waals surface area (Å²) in [6, 6.07) is 8.34. The number of thioether (sulfide) groups is 1. The van der Waals surface area contributed by atoms with Crippen LogP contribution in [0.15, 0.2) is 24.3 Å². The van der Waals surface area contributed by atoms with Crippen LogP contribution in [0.25, 0.3) is 0 Å². The highest BCUT2D eigenvalue weighted by molar-refractivity contribution is 7.99. The number of carbonyl (C=O) groups excluding carboxylic acids is 1. The summed E-state index contributed by atoms with van der Waals surface area (Å²) >= 11 is 2.07. The lowest BCUT2D eigenvalue weighted by Crippen LogP contribution is -2.48. The van der Waals surface area contributed by atoms with Crippen molar-refractivity contribution in [3.8, 4) is 0 Å². The van der Waals surface area contributed by atoms with E-state index in [0.29, 0.717) is 5.92 Å². The molecule has 1 amide bonds. The molecule has 1 saturated heterocycles. The van der Waals surface area contributed by atoms with Crippen LogP contribution in [0.3, 0.4) is 0 Å². The second-order valence-corrected chi connectivity index (χ2v) is 7.90. The Morgan fingerprint density at radius 1 is 1.35 bits per heavy atom. The van der Waals surface area contributed by atoms with Crippen molar-refractivity contribution in [3.05, 3.63) is 29.8 Å². The summed E-state index contributed by atoms with van der Waals surface area (Å²) in [5, 5.41) is 7.15. The predicted molar refractivity (Wildman–Crippen MR) is 101 cm³/mol. The molecule has 5 heteroatoms. The van der Waals surface area contributed by atoms with Crippen molar-refractivity contribution in [2.75, 3.05) is 18.4 Å². The van der Waals surface area contributed by atoms with Crippen LogP contribution in [-0.4, -0.2) is 24.2 Å². The van der Waals surface area contributed by atoms with E-state index in [1.54, 1.807) is 0 Å². The van der Waals surface area contributed by atoms with Gasteiger partial charge in [0, 0.05) is 22.6 Å². The normalized spacial score (nSPS) is 19.7. The number of anilines is 1. The number of nitrogens with one attached hydrogen (secondary N) is 2. The maximum Gasteiger partial charge on any atom is 0.227 e. The number of benzene rings is 1. The van der Waals surface area contributed by atoms with Gasteiger partial charge in [-0.15, -0.1) is 12.4 Å². The topological polar surface area (TPSA) is 41.1 Å². The largest absolute Gasteiger partial charge is 0.326 e. The Bertz CT molecular complexity index is 515. The van der Waals surface area contributed by atoms with Crippen molar-refractivity contribution in [1.82, 2.24) is 5.32 Å². The van der Waals surface area contributed by atoms with Gasteiger partial charge in [-0.3, -0.25) is 4.79 Å².